The molecule has 208 valence electrons. The monoisotopic (exact) mass is 541 g/mol. The first-order valence-corrected chi connectivity index (χ1v) is 13.5. The molecular formula is C31H35N5O4. The van der Waals surface area contributed by atoms with Crippen LogP contribution in [0.15, 0.2) is 84.9 Å². The average molecular weight is 542 g/mol. The highest BCUT2D eigenvalue weighted by Gasteiger charge is 2.51. The zero-order chi connectivity index (χ0) is 28.1. The number of benzene rings is 3. The maximum Gasteiger partial charge on any atom is 0.334 e. The smallest absolute Gasteiger partial charge is 0.334 e. The number of hydrazine groups is 1. The van der Waals surface area contributed by atoms with Gasteiger partial charge in [0.15, 0.2) is 0 Å². The molecule has 1 N–H and O–H groups in total. The number of rotatable bonds is 8. The van der Waals surface area contributed by atoms with Crippen molar-refractivity contribution in [2.24, 2.45) is 0 Å². The summed E-state index contributed by atoms with van der Waals surface area (Å²) in [5, 5.41) is 6.18. The predicted octanol–water partition coefficient (Wildman–Crippen LogP) is 3.32. The third-order valence-electron chi connectivity index (χ3n) is 7.30. The van der Waals surface area contributed by atoms with Crippen molar-refractivity contribution in [3.63, 3.8) is 0 Å². The second-order valence-corrected chi connectivity index (χ2v) is 10.2. The van der Waals surface area contributed by atoms with Crippen LogP contribution in [0.25, 0.3) is 0 Å². The fraction of sp³-hybridized carbons (Fsp3) is 0.323. The van der Waals surface area contributed by atoms with E-state index >= 15 is 0 Å². The lowest BCUT2D eigenvalue weighted by Gasteiger charge is -2.54. The molecule has 0 aliphatic carbocycles. The number of urea groups is 1. The van der Waals surface area contributed by atoms with Gasteiger partial charge < -0.3 is 19.9 Å². The first-order chi connectivity index (χ1) is 19.4. The van der Waals surface area contributed by atoms with Gasteiger partial charge in [0.05, 0.1) is 26.3 Å². The Morgan fingerprint density at radius 2 is 1.65 bits per heavy atom. The molecule has 2 aliphatic heterocycles. The Bertz CT molecular complexity index is 1340. The molecule has 40 heavy (non-hydrogen) atoms. The minimum atomic E-state index is -0.831. The average Bonchev–Trinajstić information content (AvgIpc) is 2.96. The lowest BCUT2D eigenvalue weighted by molar-refractivity contribution is -0.188. The molecule has 2 heterocycles. The number of ether oxygens (including phenoxy) is 1. The van der Waals surface area contributed by atoms with Gasteiger partial charge in [0, 0.05) is 20.1 Å². The van der Waals surface area contributed by atoms with Crippen molar-refractivity contribution in [1.29, 1.82) is 0 Å². The molecule has 0 spiro atoms. The van der Waals surface area contributed by atoms with Crippen molar-refractivity contribution in [3.05, 3.63) is 107 Å². The summed E-state index contributed by atoms with van der Waals surface area (Å²) in [6.07, 6.45) is -0.665. The molecule has 2 aliphatic rings. The molecule has 0 bridgehead atoms. The quantitative estimate of drug-likeness (QED) is 0.443. The van der Waals surface area contributed by atoms with E-state index in [1.807, 2.05) is 85.8 Å². The van der Waals surface area contributed by atoms with Gasteiger partial charge in [0.25, 0.3) is 0 Å². The highest BCUT2D eigenvalue weighted by molar-refractivity contribution is 5.92. The standard InChI is InChI=1S/C31H35N5O4/c1-23-10-9-13-25(18-23)22-40-17-16-34-20-27-35(29(30(34)38)26-14-7-4-8-15-26)28(37)21-33(2)36(27)31(39)32-19-24-11-5-3-6-12-24/h3-15,18,27,29H,16-17,19-22H2,1-2H3,(H,32,39)/t27-,29-/m0/s1. The number of aryl methyl sites for hydroxylation is 1. The summed E-state index contributed by atoms with van der Waals surface area (Å²) in [6, 6.07) is 25.9. The van der Waals surface area contributed by atoms with Gasteiger partial charge in [-0.3, -0.25) is 9.59 Å². The Labute approximate surface area is 234 Å². The SMILES string of the molecule is Cc1cccc(COCCN2C[C@H]3N(C(=O)CN(C)N3C(=O)NCc3ccccc3)[C@@H](c3ccccc3)C2=O)c1. The summed E-state index contributed by atoms with van der Waals surface area (Å²) in [4.78, 5) is 44.1. The van der Waals surface area contributed by atoms with Gasteiger partial charge in [0.2, 0.25) is 11.8 Å². The molecule has 0 unspecified atom stereocenters. The first-order valence-electron chi connectivity index (χ1n) is 13.5. The van der Waals surface area contributed by atoms with Gasteiger partial charge in [-0.2, -0.15) is 0 Å². The van der Waals surface area contributed by atoms with E-state index < -0.39 is 12.2 Å². The molecule has 4 amide bonds. The summed E-state index contributed by atoms with van der Waals surface area (Å²) in [6.45, 7) is 3.68. The Kier molecular flexibility index (Phi) is 8.42. The van der Waals surface area contributed by atoms with Crippen LogP contribution in [0, 0.1) is 6.92 Å². The van der Waals surface area contributed by atoms with E-state index in [1.54, 1.807) is 26.9 Å². The van der Waals surface area contributed by atoms with Gasteiger partial charge in [-0.05, 0) is 23.6 Å². The maximum absolute atomic E-state index is 13.8. The highest BCUT2D eigenvalue weighted by Crippen LogP contribution is 2.34. The van der Waals surface area contributed by atoms with E-state index in [0.717, 1.165) is 16.7 Å². The lowest BCUT2D eigenvalue weighted by Crippen LogP contribution is -2.73. The van der Waals surface area contributed by atoms with Crippen molar-refractivity contribution in [1.82, 2.24) is 25.1 Å². The number of nitrogens with one attached hydrogen (secondary N) is 1. The summed E-state index contributed by atoms with van der Waals surface area (Å²) >= 11 is 0. The summed E-state index contributed by atoms with van der Waals surface area (Å²) in [5.41, 5.74) is 3.91. The van der Waals surface area contributed by atoms with Gasteiger partial charge >= 0.3 is 6.03 Å². The predicted molar refractivity (Wildman–Crippen MR) is 150 cm³/mol. The third kappa shape index (κ3) is 6.00. The Balaban J connectivity index is 1.36. The van der Waals surface area contributed by atoms with Crippen LogP contribution in [0.1, 0.15) is 28.3 Å². The Hall–Kier alpha value is -4.21. The van der Waals surface area contributed by atoms with Crippen LogP contribution < -0.4 is 5.32 Å². The minimum Gasteiger partial charge on any atom is -0.375 e. The molecule has 0 aromatic heterocycles. The van der Waals surface area contributed by atoms with Gasteiger partial charge in [-0.25, -0.2) is 14.8 Å². The van der Waals surface area contributed by atoms with Crippen molar-refractivity contribution < 1.29 is 19.1 Å². The van der Waals surface area contributed by atoms with Crippen LogP contribution in [-0.4, -0.2) is 77.1 Å². The van der Waals surface area contributed by atoms with Gasteiger partial charge in [0.1, 0.15) is 12.2 Å². The Morgan fingerprint density at radius 3 is 2.38 bits per heavy atom. The number of nitrogens with zero attached hydrogens (tertiary/aromatic N) is 4. The normalized spacial score (nSPS) is 19.5. The molecule has 2 fully saturated rings. The zero-order valence-electron chi connectivity index (χ0n) is 22.9. The van der Waals surface area contributed by atoms with E-state index in [0.29, 0.717) is 31.9 Å². The number of likely N-dealkylation sites (N-methyl/N-ethyl adjacent to an activating group) is 1. The molecule has 0 saturated carbocycles. The topological polar surface area (TPSA) is 85.4 Å². The highest BCUT2D eigenvalue weighted by atomic mass is 16.5. The Morgan fingerprint density at radius 1 is 0.950 bits per heavy atom. The lowest BCUT2D eigenvalue weighted by atomic mass is 9.99. The largest absolute Gasteiger partial charge is 0.375 e. The van der Waals surface area contributed by atoms with Crippen molar-refractivity contribution in [3.8, 4) is 0 Å². The second kappa shape index (κ2) is 12.3. The number of amides is 4. The number of hydrogen-bond donors (Lipinski definition) is 1. The maximum atomic E-state index is 13.8. The van der Waals surface area contributed by atoms with Gasteiger partial charge in [-0.1, -0.05) is 90.5 Å². The number of fused-ring (bicyclic) bond motifs is 1. The van der Waals surface area contributed by atoms with Crippen molar-refractivity contribution in [2.75, 3.05) is 33.3 Å². The first kappa shape index (κ1) is 27.4. The van der Waals surface area contributed by atoms with E-state index in [1.165, 1.54) is 0 Å². The zero-order valence-corrected chi connectivity index (χ0v) is 22.9. The molecular weight excluding hydrogens is 506 g/mol. The molecule has 2 saturated heterocycles. The number of piperazine rings is 1. The molecule has 5 rings (SSSR count). The second-order valence-electron chi connectivity index (χ2n) is 10.2. The van der Waals surface area contributed by atoms with E-state index in [-0.39, 0.29) is 30.9 Å². The summed E-state index contributed by atoms with van der Waals surface area (Å²) in [5.74, 6) is -0.374. The minimum absolute atomic E-state index is 0.00846. The number of carbonyl (C=O) groups is 3. The fourth-order valence-corrected chi connectivity index (χ4v) is 5.38. The molecule has 0 radical (unpaired) electrons. The van der Waals surface area contributed by atoms with Crippen LogP contribution in [0.3, 0.4) is 0 Å². The molecule has 9 heteroatoms. The van der Waals surface area contributed by atoms with Crippen LogP contribution >= 0.6 is 0 Å². The third-order valence-corrected chi connectivity index (χ3v) is 7.30. The number of hydrogen-bond acceptors (Lipinski definition) is 5. The van der Waals surface area contributed by atoms with Crippen LogP contribution in [0.2, 0.25) is 0 Å². The van der Waals surface area contributed by atoms with Crippen molar-refractivity contribution >= 4 is 17.8 Å². The van der Waals surface area contributed by atoms with Gasteiger partial charge in [-0.15, -0.1) is 0 Å². The van der Waals surface area contributed by atoms with E-state index in [4.69, 9.17) is 4.74 Å². The van der Waals surface area contributed by atoms with Crippen LogP contribution in [0.4, 0.5) is 4.79 Å². The fourth-order valence-electron chi connectivity index (χ4n) is 5.38. The summed E-state index contributed by atoms with van der Waals surface area (Å²) < 4.78 is 5.93. The molecule has 2 atom stereocenters. The van der Waals surface area contributed by atoms with E-state index in [9.17, 15) is 14.4 Å². The molecule has 3 aromatic rings. The molecule has 9 nitrogen and oxygen atoms in total. The van der Waals surface area contributed by atoms with Crippen LogP contribution in [0.5, 0.6) is 0 Å². The number of carbonyl (C=O) groups excluding carboxylic acids is 3. The van der Waals surface area contributed by atoms with Crippen molar-refractivity contribution in [2.45, 2.75) is 32.3 Å². The summed E-state index contributed by atoms with van der Waals surface area (Å²) in [7, 11) is 1.72. The molecule has 3 aromatic carbocycles. The van der Waals surface area contributed by atoms with Crippen LogP contribution in [-0.2, 0) is 27.5 Å². The van der Waals surface area contributed by atoms with E-state index in [2.05, 4.69) is 11.4 Å².